The third-order valence-electron chi connectivity index (χ3n) is 3.68. The quantitative estimate of drug-likeness (QED) is 0.780. The number of hydrogen-bond acceptors (Lipinski definition) is 4. The first-order valence-corrected chi connectivity index (χ1v) is 7.89. The lowest BCUT2D eigenvalue weighted by Crippen LogP contribution is -2.54. The highest BCUT2D eigenvalue weighted by Gasteiger charge is 2.31. The molecule has 3 rings (SSSR count). The van der Waals surface area contributed by atoms with Gasteiger partial charge in [0.05, 0.1) is 19.3 Å². The molecule has 2 saturated heterocycles. The first kappa shape index (κ1) is 13.8. The summed E-state index contributed by atoms with van der Waals surface area (Å²) < 4.78 is 11.1. The van der Waals surface area contributed by atoms with E-state index < -0.39 is 0 Å². The second-order valence-electron chi connectivity index (χ2n) is 5.28. The van der Waals surface area contributed by atoms with Crippen molar-refractivity contribution in [1.29, 1.82) is 0 Å². The molecule has 0 spiro atoms. The molecule has 3 heterocycles. The van der Waals surface area contributed by atoms with Crippen LogP contribution in [0.25, 0.3) is 6.08 Å². The van der Waals surface area contributed by atoms with Gasteiger partial charge in [-0.15, -0.1) is 11.3 Å². The van der Waals surface area contributed by atoms with Gasteiger partial charge in [0.2, 0.25) is 5.91 Å². The molecule has 1 aromatic rings. The minimum atomic E-state index is 0.0717. The van der Waals surface area contributed by atoms with Crippen molar-refractivity contribution in [1.82, 2.24) is 4.90 Å². The molecule has 2 fully saturated rings. The Morgan fingerprint density at radius 1 is 1.55 bits per heavy atom. The number of amides is 1. The number of hydrogen-bond donors (Lipinski definition) is 0. The van der Waals surface area contributed by atoms with Crippen molar-refractivity contribution in [3.8, 4) is 0 Å². The van der Waals surface area contributed by atoms with Crippen LogP contribution in [0.3, 0.4) is 0 Å². The molecule has 0 saturated carbocycles. The van der Waals surface area contributed by atoms with E-state index in [1.807, 2.05) is 28.5 Å². The Balaban J connectivity index is 1.35. The molecule has 108 valence electrons. The molecule has 20 heavy (non-hydrogen) atoms. The van der Waals surface area contributed by atoms with E-state index in [1.165, 1.54) is 0 Å². The highest BCUT2D eigenvalue weighted by molar-refractivity contribution is 7.10. The van der Waals surface area contributed by atoms with E-state index >= 15 is 0 Å². The normalized spacial score (nSPS) is 23.4. The summed E-state index contributed by atoms with van der Waals surface area (Å²) in [5.41, 5.74) is 0. The van der Waals surface area contributed by atoms with Crippen molar-refractivity contribution in [3.63, 3.8) is 0 Å². The zero-order valence-electron chi connectivity index (χ0n) is 11.4. The van der Waals surface area contributed by atoms with Crippen molar-refractivity contribution in [2.75, 3.05) is 32.9 Å². The summed E-state index contributed by atoms with van der Waals surface area (Å²) in [5.74, 6) is 0.612. The molecular weight excluding hydrogens is 274 g/mol. The van der Waals surface area contributed by atoms with E-state index in [9.17, 15) is 4.79 Å². The molecule has 0 radical (unpaired) electrons. The van der Waals surface area contributed by atoms with Gasteiger partial charge < -0.3 is 14.4 Å². The Kier molecular flexibility index (Phi) is 4.50. The van der Waals surface area contributed by atoms with Crippen LogP contribution in [0.1, 0.15) is 11.3 Å². The summed E-state index contributed by atoms with van der Waals surface area (Å²) in [6.45, 7) is 3.86. The fraction of sp³-hybridized carbons (Fsp3) is 0.533. The maximum absolute atomic E-state index is 11.9. The zero-order valence-corrected chi connectivity index (χ0v) is 12.2. The number of carbonyl (C=O) groups is 1. The fourth-order valence-corrected chi connectivity index (χ4v) is 2.97. The van der Waals surface area contributed by atoms with Gasteiger partial charge in [0.1, 0.15) is 0 Å². The van der Waals surface area contributed by atoms with Crippen LogP contribution in [0, 0.1) is 5.92 Å². The third kappa shape index (κ3) is 3.48. The van der Waals surface area contributed by atoms with Crippen LogP contribution in [0.15, 0.2) is 23.6 Å². The van der Waals surface area contributed by atoms with Gasteiger partial charge in [-0.25, -0.2) is 0 Å². The lowest BCUT2D eigenvalue weighted by Gasteiger charge is -2.38. The Morgan fingerprint density at radius 3 is 3.15 bits per heavy atom. The first-order chi connectivity index (χ1) is 9.81. The van der Waals surface area contributed by atoms with Crippen LogP contribution < -0.4 is 0 Å². The lowest BCUT2D eigenvalue weighted by atomic mass is 10.1. The Bertz CT molecular complexity index is 459. The topological polar surface area (TPSA) is 38.8 Å². The zero-order chi connectivity index (χ0) is 13.8. The van der Waals surface area contributed by atoms with Crippen LogP contribution in [0.2, 0.25) is 0 Å². The molecule has 0 aliphatic carbocycles. The van der Waals surface area contributed by atoms with Crippen LogP contribution in [0.4, 0.5) is 0 Å². The smallest absolute Gasteiger partial charge is 0.246 e. The largest absolute Gasteiger partial charge is 0.381 e. The van der Waals surface area contributed by atoms with E-state index in [0.717, 1.165) is 31.1 Å². The molecule has 1 amide bonds. The summed E-state index contributed by atoms with van der Waals surface area (Å²) >= 11 is 1.63. The Labute approximate surface area is 123 Å². The van der Waals surface area contributed by atoms with E-state index in [-0.39, 0.29) is 12.0 Å². The number of ether oxygens (including phenoxy) is 2. The molecule has 0 N–H and O–H groups in total. The molecule has 0 aromatic carbocycles. The predicted molar refractivity (Wildman–Crippen MR) is 78.6 cm³/mol. The van der Waals surface area contributed by atoms with Crippen molar-refractivity contribution >= 4 is 23.3 Å². The van der Waals surface area contributed by atoms with Gasteiger partial charge in [-0.05, 0) is 23.9 Å². The first-order valence-electron chi connectivity index (χ1n) is 7.01. The summed E-state index contributed by atoms with van der Waals surface area (Å²) in [5, 5.41) is 2.00. The monoisotopic (exact) mass is 293 g/mol. The molecule has 0 bridgehead atoms. The summed E-state index contributed by atoms with van der Waals surface area (Å²) in [6, 6.07) is 3.98. The number of thiophene rings is 1. The molecule has 4 nitrogen and oxygen atoms in total. The molecule has 2 aliphatic heterocycles. The fourth-order valence-electron chi connectivity index (χ4n) is 2.36. The highest BCUT2D eigenvalue weighted by Crippen LogP contribution is 2.18. The van der Waals surface area contributed by atoms with E-state index in [2.05, 4.69) is 0 Å². The van der Waals surface area contributed by atoms with Gasteiger partial charge in [0.25, 0.3) is 0 Å². The number of carbonyl (C=O) groups excluding carboxylic acids is 1. The van der Waals surface area contributed by atoms with Gasteiger partial charge in [0.15, 0.2) is 0 Å². The van der Waals surface area contributed by atoms with Crippen molar-refractivity contribution in [3.05, 3.63) is 28.5 Å². The van der Waals surface area contributed by atoms with Gasteiger partial charge in [-0.1, -0.05) is 6.07 Å². The molecule has 2 aliphatic rings. The Hall–Kier alpha value is -1.17. The van der Waals surface area contributed by atoms with E-state index in [1.54, 1.807) is 17.4 Å². The summed E-state index contributed by atoms with van der Waals surface area (Å²) in [7, 11) is 0. The lowest BCUT2D eigenvalue weighted by molar-refractivity contribution is -0.140. The van der Waals surface area contributed by atoms with Gasteiger partial charge in [-0.3, -0.25) is 4.79 Å². The average molecular weight is 293 g/mol. The molecule has 1 atom stereocenters. The SMILES string of the molecule is O=C(C=Cc1cccs1)N1CC(OCC2CCOC2)C1. The highest BCUT2D eigenvalue weighted by atomic mass is 32.1. The maximum atomic E-state index is 11.9. The Morgan fingerprint density at radius 2 is 2.45 bits per heavy atom. The minimum absolute atomic E-state index is 0.0717. The van der Waals surface area contributed by atoms with E-state index in [0.29, 0.717) is 19.0 Å². The van der Waals surface area contributed by atoms with Gasteiger partial charge in [-0.2, -0.15) is 0 Å². The number of likely N-dealkylation sites (tertiary alicyclic amines) is 1. The number of nitrogens with zero attached hydrogens (tertiary/aromatic N) is 1. The molecular formula is C15H19NO3S. The number of rotatable bonds is 5. The van der Waals surface area contributed by atoms with Crippen LogP contribution in [-0.2, 0) is 14.3 Å². The van der Waals surface area contributed by atoms with E-state index in [4.69, 9.17) is 9.47 Å². The predicted octanol–water partition coefficient (Wildman–Crippen LogP) is 2.03. The summed E-state index contributed by atoms with van der Waals surface area (Å²) in [4.78, 5) is 14.8. The molecule has 1 aromatic heterocycles. The third-order valence-corrected chi connectivity index (χ3v) is 4.52. The van der Waals surface area contributed by atoms with Crippen molar-refractivity contribution in [2.24, 2.45) is 5.92 Å². The molecule has 5 heteroatoms. The molecule has 1 unspecified atom stereocenters. The van der Waals surface area contributed by atoms with Crippen LogP contribution in [0.5, 0.6) is 0 Å². The van der Waals surface area contributed by atoms with Crippen LogP contribution >= 0.6 is 11.3 Å². The standard InChI is InChI=1S/C15H19NO3S/c17-15(4-3-14-2-1-7-20-14)16-8-13(9-16)19-11-12-5-6-18-10-12/h1-4,7,12-13H,5-6,8-11H2. The van der Waals surface area contributed by atoms with Crippen LogP contribution in [-0.4, -0.2) is 49.8 Å². The van der Waals surface area contributed by atoms with Gasteiger partial charge >= 0.3 is 0 Å². The second-order valence-corrected chi connectivity index (χ2v) is 6.26. The maximum Gasteiger partial charge on any atom is 0.246 e. The minimum Gasteiger partial charge on any atom is -0.381 e. The van der Waals surface area contributed by atoms with Crippen molar-refractivity contribution < 1.29 is 14.3 Å². The van der Waals surface area contributed by atoms with Gasteiger partial charge in [0, 0.05) is 36.6 Å². The average Bonchev–Trinajstić information content (AvgIpc) is 3.07. The van der Waals surface area contributed by atoms with Crippen molar-refractivity contribution in [2.45, 2.75) is 12.5 Å². The summed E-state index contributed by atoms with van der Waals surface area (Å²) in [6.07, 6.45) is 4.82. The second kappa shape index (κ2) is 6.52.